The van der Waals surface area contributed by atoms with Crippen LogP contribution in [0.15, 0.2) is 18.2 Å². The second kappa shape index (κ2) is 4.42. The molecule has 2 heterocycles. The molecule has 3 heteroatoms. The molecule has 0 N–H and O–H groups in total. The molecule has 0 saturated carbocycles. The maximum atomic E-state index is 5.74. The molecule has 2 rings (SSSR count). The highest BCUT2D eigenvalue weighted by Crippen LogP contribution is 2.15. The largest absolute Gasteiger partial charge is 0.474 e. The van der Waals surface area contributed by atoms with Gasteiger partial charge < -0.3 is 9.47 Å². The molecule has 0 amide bonds. The Hall–Kier alpha value is -1.09. The van der Waals surface area contributed by atoms with Crippen molar-refractivity contribution in [1.29, 1.82) is 0 Å². The molecule has 76 valence electrons. The van der Waals surface area contributed by atoms with E-state index in [0.29, 0.717) is 0 Å². The molecule has 1 fully saturated rings. The Labute approximate surface area is 84.1 Å². The second-order valence-corrected chi connectivity index (χ2v) is 3.55. The predicted octanol–water partition coefficient (Wildman–Crippen LogP) is 1.95. The lowest BCUT2D eigenvalue weighted by atomic mass is 10.1. The zero-order valence-electron chi connectivity index (χ0n) is 8.40. The third-order valence-corrected chi connectivity index (χ3v) is 2.32. The van der Waals surface area contributed by atoms with Gasteiger partial charge in [-0.05, 0) is 13.0 Å². The molecule has 1 aliphatic heterocycles. The van der Waals surface area contributed by atoms with E-state index in [2.05, 4.69) is 4.98 Å². The zero-order chi connectivity index (χ0) is 9.80. The van der Waals surface area contributed by atoms with E-state index in [1.54, 1.807) is 0 Å². The van der Waals surface area contributed by atoms with Crippen LogP contribution in [0.4, 0.5) is 0 Å². The van der Waals surface area contributed by atoms with Gasteiger partial charge in [-0.3, -0.25) is 0 Å². The second-order valence-electron chi connectivity index (χ2n) is 3.55. The van der Waals surface area contributed by atoms with Crippen molar-refractivity contribution in [2.24, 2.45) is 0 Å². The summed E-state index contributed by atoms with van der Waals surface area (Å²) in [5.74, 6) is 0.733. The van der Waals surface area contributed by atoms with Gasteiger partial charge in [0.15, 0.2) is 0 Å². The standard InChI is InChI=1S/C11H15NO2/c1-9-3-2-4-11(12-9)14-10-5-7-13-8-6-10/h2-4,10H,5-8H2,1H3. The van der Waals surface area contributed by atoms with Gasteiger partial charge in [0.25, 0.3) is 0 Å². The number of pyridine rings is 1. The smallest absolute Gasteiger partial charge is 0.213 e. The van der Waals surface area contributed by atoms with Crippen LogP contribution in [0.5, 0.6) is 5.88 Å². The summed E-state index contributed by atoms with van der Waals surface area (Å²) < 4.78 is 11.0. The highest BCUT2D eigenvalue weighted by atomic mass is 16.5. The number of aryl methyl sites for hydroxylation is 1. The summed E-state index contributed by atoms with van der Waals surface area (Å²) in [5, 5.41) is 0. The maximum Gasteiger partial charge on any atom is 0.213 e. The summed E-state index contributed by atoms with van der Waals surface area (Å²) in [7, 11) is 0. The van der Waals surface area contributed by atoms with Crippen molar-refractivity contribution in [2.75, 3.05) is 13.2 Å². The van der Waals surface area contributed by atoms with E-state index in [-0.39, 0.29) is 6.10 Å². The minimum absolute atomic E-state index is 0.276. The molecular formula is C11H15NO2. The molecule has 14 heavy (non-hydrogen) atoms. The number of hydrogen-bond acceptors (Lipinski definition) is 3. The lowest BCUT2D eigenvalue weighted by Crippen LogP contribution is -2.26. The molecule has 0 spiro atoms. The first-order valence-electron chi connectivity index (χ1n) is 5.02. The van der Waals surface area contributed by atoms with E-state index < -0.39 is 0 Å². The van der Waals surface area contributed by atoms with Crippen molar-refractivity contribution in [1.82, 2.24) is 4.98 Å². The Morgan fingerprint density at radius 1 is 1.36 bits per heavy atom. The van der Waals surface area contributed by atoms with Gasteiger partial charge in [0.1, 0.15) is 6.10 Å². The predicted molar refractivity (Wildman–Crippen MR) is 53.4 cm³/mol. The third kappa shape index (κ3) is 2.45. The molecule has 1 saturated heterocycles. The van der Waals surface area contributed by atoms with Crippen LogP contribution in [-0.4, -0.2) is 24.3 Å². The minimum atomic E-state index is 0.276. The van der Waals surface area contributed by atoms with Crippen molar-refractivity contribution >= 4 is 0 Å². The average molecular weight is 193 g/mol. The first-order valence-corrected chi connectivity index (χ1v) is 5.02. The fraction of sp³-hybridized carbons (Fsp3) is 0.545. The SMILES string of the molecule is Cc1cccc(OC2CCOCC2)n1. The lowest BCUT2D eigenvalue weighted by molar-refractivity contribution is 0.0237. The summed E-state index contributed by atoms with van der Waals surface area (Å²) in [6.07, 6.45) is 2.21. The van der Waals surface area contributed by atoms with Gasteiger partial charge in [0.05, 0.1) is 13.2 Å². The molecule has 1 aromatic heterocycles. The van der Waals surface area contributed by atoms with Gasteiger partial charge >= 0.3 is 0 Å². The first kappa shape index (κ1) is 9.46. The maximum absolute atomic E-state index is 5.74. The van der Waals surface area contributed by atoms with Crippen LogP contribution < -0.4 is 4.74 Å². The number of rotatable bonds is 2. The van der Waals surface area contributed by atoms with Crippen LogP contribution in [0.2, 0.25) is 0 Å². The quantitative estimate of drug-likeness (QED) is 0.719. The van der Waals surface area contributed by atoms with Gasteiger partial charge in [-0.2, -0.15) is 0 Å². The topological polar surface area (TPSA) is 31.4 Å². The van der Waals surface area contributed by atoms with E-state index in [4.69, 9.17) is 9.47 Å². The average Bonchev–Trinajstić information content (AvgIpc) is 2.19. The Morgan fingerprint density at radius 2 is 2.14 bits per heavy atom. The molecule has 0 bridgehead atoms. The van der Waals surface area contributed by atoms with Gasteiger partial charge in [-0.1, -0.05) is 6.07 Å². The van der Waals surface area contributed by atoms with Crippen molar-refractivity contribution in [3.05, 3.63) is 23.9 Å². The summed E-state index contributed by atoms with van der Waals surface area (Å²) in [5.41, 5.74) is 0.995. The third-order valence-electron chi connectivity index (χ3n) is 2.32. The van der Waals surface area contributed by atoms with E-state index in [1.165, 1.54) is 0 Å². The van der Waals surface area contributed by atoms with Crippen molar-refractivity contribution in [3.63, 3.8) is 0 Å². The van der Waals surface area contributed by atoms with Crippen LogP contribution in [0, 0.1) is 6.92 Å². The summed E-state index contributed by atoms with van der Waals surface area (Å²) in [6, 6.07) is 5.84. The highest BCUT2D eigenvalue weighted by Gasteiger charge is 2.15. The zero-order valence-corrected chi connectivity index (χ0v) is 8.40. The summed E-state index contributed by atoms with van der Waals surface area (Å²) in [6.45, 7) is 3.57. The number of hydrogen-bond donors (Lipinski definition) is 0. The molecule has 0 atom stereocenters. The monoisotopic (exact) mass is 193 g/mol. The normalized spacial score (nSPS) is 18.1. The van der Waals surface area contributed by atoms with Gasteiger partial charge in [0, 0.05) is 24.6 Å². The molecule has 1 aliphatic rings. The minimum Gasteiger partial charge on any atom is -0.474 e. The Morgan fingerprint density at radius 3 is 2.86 bits per heavy atom. The Balaban J connectivity index is 1.95. The highest BCUT2D eigenvalue weighted by molar-refractivity contribution is 5.14. The van der Waals surface area contributed by atoms with Crippen molar-refractivity contribution < 1.29 is 9.47 Å². The fourth-order valence-electron chi connectivity index (χ4n) is 1.55. The molecule has 0 aromatic carbocycles. The van der Waals surface area contributed by atoms with Crippen LogP contribution >= 0.6 is 0 Å². The van der Waals surface area contributed by atoms with Crippen LogP contribution in [0.1, 0.15) is 18.5 Å². The Kier molecular flexibility index (Phi) is 2.99. The van der Waals surface area contributed by atoms with Crippen molar-refractivity contribution in [2.45, 2.75) is 25.9 Å². The van der Waals surface area contributed by atoms with Crippen LogP contribution in [0.25, 0.3) is 0 Å². The van der Waals surface area contributed by atoms with E-state index in [9.17, 15) is 0 Å². The first-order chi connectivity index (χ1) is 6.84. The van der Waals surface area contributed by atoms with Gasteiger partial charge in [0.2, 0.25) is 5.88 Å². The Bertz CT molecular complexity index is 295. The molecule has 0 radical (unpaired) electrons. The molecule has 3 nitrogen and oxygen atoms in total. The van der Waals surface area contributed by atoms with Crippen molar-refractivity contribution in [3.8, 4) is 5.88 Å². The lowest BCUT2D eigenvalue weighted by Gasteiger charge is -2.22. The van der Waals surface area contributed by atoms with E-state index in [1.807, 2.05) is 25.1 Å². The van der Waals surface area contributed by atoms with Gasteiger partial charge in [-0.25, -0.2) is 4.98 Å². The molecule has 0 unspecified atom stereocenters. The van der Waals surface area contributed by atoms with Crippen LogP contribution in [0.3, 0.4) is 0 Å². The number of aromatic nitrogens is 1. The fourth-order valence-corrected chi connectivity index (χ4v) is 1.55. The van der Waals surface area contributed by atoms with Gasteiger partial charge in [-0.15, -0.1) is 0 Å². The van der Waals surface area contributed by atoms with E-state index >= 15 is 0 Å². The molecule has 0 aliphatic carbocycles. The van der Waals surface area contributed by atoms with Crippen LogP contribution in [-0.2, 0) is 4.74 Å². The van der Waals surface area contributed by atoms with E-state index in [0.717, 1.165) is 37.6 Å². The summed E-state index contributed by atoms with van der Waals surface area (Å²) >= 11 is 0. The number of ether oxygens (including phenoxy) is 2. The molecular weight excluding hydrogens is 178 g/mol. The number of nitrogens with zero attached hydrogens (tertiary/aromatic N) is 1. The molecule has 1 aromatic rings. The summed E-state index contributed by atoms with van der Waals surface area (Å²) in [4.78, 5) is 4.30.